The molecular formula is C29H32N2O4. The molecule has 0 amide bonds. The van der Waals surface area contributed by atoms with E-state index in [0.29, 0.717) is 49.0 Å². The Labute approximate surface area is 206 Å². The molecular weight excluding hydrogens is 440 g/mol. The van der Waals surface area contributed by atoms with Crippen LogP contribution >= 0.6 is 0 Å². The SMILES string of the molecule is CCC(C)c1ccc(OCCOCCn2c(-c3ccc(OC)cc3)nc3ccccc3c2=O)cc1. The number of para-hydroxylation sites is 1. The van der Waals surface area contributed by atoms with E-state index in [1.807, 2.05) is 54.6 Å². The van der Waals surface area contributed by atoms with E-state index >= 15 is 0 Å². The number of benzene rings is 3. The van der Waals surface area contributed by atoms with E-state index in [-0.39, 0.29) is 5.56 Å². The molecule has 4 aromatic rings. The fourth-order valence-electron chi connectivity index (χ4n) is 3.94. The lowest BCUT2D eigenvalue weighted by molar-refractivity contribution is 0.0940. The van der Waals surface area contributed by atoms with Gasteiger partial charge in [-0.25, -0.2) is 4.98 Å². The van der Waals surface area contributed by atoms with E-state index in [1.165, 1.54) is 5.56 Å². The molecule has 0 saturated carbocycles. The molecule has 0 bridgehead atoms. The van der Waals surface area contributed by atoms with Crippen molar-refractivity contribution < 1.29 is 14.2 Å². The Balaban J connectivity index is 1.40. The number of hydrogen-bond donors (Lipinski definition) is 0. The molecule has 3 aromatic carbocycles. The summed E-state index contributed by atoms with van der Waals surface area (Å²) in [6.07, 6.45) is 1.12. The average molecular weight is 473 g/mol. The van der Waals surface area contributed by atoms with Crippen molar-refractivity contribution in [3.05, 3.63) is 88.7 Å². The summed E-state index contributed by atoms with van der Waals surface area (Å²) in [6, 6.07) is 23.2. The molecule has 182 valence electrons. The van der Waals surface area contributed by atoms with Crippen molar-refractivity contribution in [2.24, 2.45) is 0 Å². The first kappa shape index (κ1) is 24.5. The summed E-state index contributed by atoms with van der Waals surface area (Å²) < 4.78 is 18.5. The zero-order valence-corrected chi connectivity index (χ0v) is 20.6. The molecule has 0 aliphatic heterocycles. The summed E-state index contributed by atoms with van der Waals surface area (Å²) in [5, 5.41) is 0.592. The fourth-order valence-corrected chi connectivity index (χ4v) is 3.94. The number of fused-ring (bicyclic) bond motifs is 1. The molecule has 1 atom stereocenters. The number of methoxy groups -OCH3 is 1. The van der Waals surface area contributed by atoms with Gasteiger partial charge < -0.3 is 14.2 Å². The summed E-state index contributed by atoms with van der Waals surface area (Å²) in [5.74, 6) is 2.74. The summed E-state index contributed by atoms with van der Waals surface area (Å²) in [6.45, 7) is 6.05. The van der Waals surface area contributed by atoms with Gasteiger partial charge in [-0.15, -0.1) is 0 Å². The highest BCUT2D eigenvalue weighted by Gasteiger charge is 2.13. The van der Waals surface area contributed by atoms with Crippen LogP contribution in [0.2, 0.25) is 0 Å². The van der Waals surface area contributed by atoms with Gasteiger partial charge in [-0.3, -0.25) is 9.36 Å². The second kappa shape index (κ2) is 11.7. The molecule has 0 aliphatic rings. The van der Waals surface area contributed by atoms with Crippen LogP contribution in [0.3, 0.4) is 0 Å². The van der Waals surface area contributed by atoms with Crippen molar-refractivity contribution in [3.63, 3.8) is 0 Å². The maximum atomic E-state index is 13.3. The van der Waals surface area contributed by atoms with Crippen molar-refractivity contribution in [2.45, 2.75) is 32.7 Å². The summed E-state index contributed by atoms with van der Waals surface area (Å²) in [7, 11) is 1.63. The van der Waals surface area contributed by atoms with Crippen molar-refractivity contribution in [2.75, 3.05) is 26.9 Å². The van der Waals surface area contributed by atoms with Crippen LogP contribution in [0.15, 0.2) is 77.6 Å². The highest BCUT2D eigenvalue weighted by molar-refractivity contribution is 5.79. The molecule has 6 nitrogen and oxygen atoms in total. The van der Waals surface area contributed by atoms with Gasteiger partial charge in [-0.05, 0) is 66.4 Å². The molecule has 0 N–H and O–H groups in total. The summed E-state index contributed by atoms with van der Waals surface area (Å²) in [4.78, 5) is 18.0. The van der Waals surface area contributed by atoms with E-state index in [9.17, 15) is 4.79 Å². The van der Waals surface area contributed by atoms with E-state index in [4.69, 9.17) is 19.2 Å². The molecule has 0 aliphatic carbocycles. The highest BCUT2D eigenvalue weighted by Crippen LogP contribution is 2.23. The van der Waals surface area contributed by atoms with Crippen LogP contribution in [-0.2, 0) is 11.3 Å². The second-order valence-electron chi connectivity index (χ2n) is 8.48. The van der Waals surface area contributed by atoms with Crippen LogP contribution in [0.25, 0.3) is 22.3 Å². The van der Waals surface area contributed by atoms with Crippen LogP contribution in [-0.4, -0.2) is 36.5 Å². The van der Waals surface area contributed by atoms with Gasteiger partial charge in [-0.2, -0.15) is 0 Å². The Morgan fingerprint density at radius 2 is 1.60 bits per heavy atom. The zero-order valence-electron chi connectivity index (χ0n) is 20.6. The molecule has 1 unspecified atom stereocenters. The van der Waals surface area contributed by atoms with Crippen molar-refractivity contribution in [1.82, 2.24) is 9.55 Å². The van der Waals surface area contributed by atoms with Gasteiger partial charge in [-0.1, -0.05) is 38.1 Å². The topological polar surface area (TPSA) is 62.6 Å². The Hall–Kier alpha value is -3.64. The van der Waals surface area contributed by atoms with Gasteiger partial charge in [0.1, 0.15) is 23.9 Å². The minimum atomic E-state index is -0.0809. The average Bonchev–Trinajstić information content (AvgIpc) is 2.91. The van der Waals surface area contributed by atoms with E-state index in [0.717, 1.165) is 23.5 Å². The molecule has 0 fully saturated rings. The molecule has 0 spiro atoms. The fraction of sp³-hybridized carbons (Fsp3) is 0.310. The third-order valence-electron chi connectivity index (χ3n) is 6.23. The highest BCUT2D eigenvalue weighted by atomic mass is 16.5. The normalized spacial score (nSPS) is 12.0. The molecule has 4 rings (SSSR count). The Morgan fingerprint density at radius 1 is 0.886 bits per heavy atom. The number of rotatable bonds is 11. The Kier molecular flexibility index (Phi) is 8.16. The minimum absolute atomic E-state index is 0.0809. The smallest absolute Gasteiger partial charge is 0.261 e. The standard InChI is InChI=1S/C29H32N2O4/c1-4-21(2)22-9-15-25(16-10-22)35-20-19-34-18-17-31-28(23-11-13-24(33-3)14-12-23)30-27-8-6-5-7-26(27)29(31)32/h5-16,21H,4,17-20H2,1-3H3. The lowest BCUT2D eigenvalue weighted by Crippen LogP contribution is -2.26. The summed E-state index contributed by atoms with van der Waals surface area (Å²) in [5.41, 5.74) is 2.76. The summed E-state index contributed by atoms with van der Waals surface area (Å²) >= 11 is 0. The van der Waals surface area contributed by atoms with Gasteiger partial charge in [0.05, 0.1) is 37.8 Å². The number of nitrogens with zero attached hydrogens (tertiary/aromatic N) is 2. The molecule has 0 radical (unpaired) electrons. The minimum Gasteiger partial charge on any atom is -0.497 e. The van der Waals surface area contributed by atoms with Gasteiger partial charge in [0.25, 0.3) is 5.56 Å². The van der Waals surface area contributed by atoms with E-state index in [2.05, 4.69) is 26.0 Å². The van der Waals surface area contributed by atoms with Crippen LogP contribution < -0.4 is 15.0 Å². The van der Waals surface area contributed by atoms with Crippen LogP contribution in [0.4, 0.5) is 0 Å². The van der Waals surface area contributed by atoms with E-state index < -0.39 is 0 Å². The zero-order chi connectivity index (χ0) is 24.6. The van der Waals surface area contributed by atoms with Gasteiger partial charge in [0.15, 0.2) is 0 Å². The molecule has 1 aromatic heterocycles. The van der Waals surface area contributed by atoms with Gasteiger partial charge in [0.2, 0.25) is 0 Å². The number of hydrogen-bond acceptors (Lipinski definition) is 5. The van der Waals surface area contributed by atoms with Crippen LogP contribution in [0.5, 0.6) is 11.5 Å². The largest absolute Gasteiger partial charge is 0.497 e. The maximum absolute atomic E-state index is 13.3. The van der Waals surface area contributed by atoms with Crippen molar-refractivity contribution in [3.8, 4) is 22.9 Å². The first-order chi connectivity index (χ1) is 17.1. The first-order valence-electron chi connectivity index (χ1n) is 12.0. The third-order valence-corrected chi connectivity index (χ3v) is 6.23. The molecule has 6 heteroatoms. The van der Waals surface area contributed by atoms with E-state index in [1.54, 1.807) is 17.7 Å². The van der Waals surface area contributed by atoms with Crippen LogP contribution in [0.1, 0.15) is 31.7 Å². The number of aromatic nitrogens is 2. The maximum Gasteiger partial charge on any atom is 0.261 e. The third kappa shape index (κ3) is 5.89. The van der Waals surface area contributed by atoms with Crippen molar-refractivity contribution in [1.29, 1.82) is 0 Å². The predicted octanol–water partition coefficient (Wildman–Crippen LogP) is 5.68. The van der Waals surface area contributed by atoms with Gasteiger partial charge in [0, 0.05) is 5.56 Å². The Morgan fingerprint density at radius 3 is 2.31 bits per heavy atom. The predicted molar refractivity (Wildman–Crippen MR) is 139 cm³/mol. The van der Waals surface area contributed by atoms with Gasteiger partial charge >= 0.3 is 0 Å². The molecule has 0 saturated heterocycles. The Bertz CT molecular complexity index is 1300. The first-order valence-corrected chi connectivity index (χ1v) is 12.0. The molecule has 1 heterocycles. The number of ether oxygens (including phenoxy) is 3. The van der Waals surface area contributed by atoms with Crippen molar-refractivity contribution >= 4 is 10.9 Å². The second-order valence-corrected chi connectivity index (χ2v) is 8.48. The lowest BCUT2D eigenvalue weighted by Gasteiger charge is -2.14. The monoisotopic (exact) mass is 472 g/mol. The lowest BCUT2D eigenvalue weighted by atomic mass is 9.99. The quantitative estimate of drug-likeness (QED) is 0.263. The molecule has 35 heavy (non-hydrogen) atoms. The van der Waals surface area contributed by atoms with Crippen LogP contribution in [0, 0.1) is 0 Å².